The lowest BCUT2D eigenvalue weighted by atomic mass is 9.85. The monoisotopic (exact) mass is 638 g/mol. The fourth-order valence-corrected chi connectivity index (χ4v) is 6.04. The van der Waals surface area contributed by atoms with Crippen LogP contribution in [0.4, 0.5) is 10.5 Å². The van der Waals surface area contributed by atoms with Gasteiger partial charge >= 0.3 is 6.03 Å². The van der Waals surface area contributed by atoms with Crippen molar-refractivity contribution < 1.29 is 14.6 Å². The average Bonchev–Trinajstić information content (AvgIpc) is 3.48. The van der Waals surface area contributed by atoms with Crippen molar-refractivity contribution in [2.75, 3.05) is 18.9 Å². The molecule has 1 saturated heterocycles. The molecule has 3 aromatic rings. The standard InChI is InChI=1S/C36H46N8O3/c1-36(2,3)31(37)20-33(40-24-10-7-9-23(19-24)22-45)42-35(46)41-28-15-16-30(27-12-6-5-11-26(27)28)47-25-14-17-32(38)44(21-25)34(39)29-13-8-18-43(29)4/h5-7,9-12,14,17,19-21,28-30,37-40,45H,8,13,15-16,18,22H2,1-4H3,(H2,41,42,46)/b33-20+,37-31?,38-32?,39-34?/t28-,29-,30+/m0/s1. The number of benzene rings is 2. The summed E-state index contributed by atoms with van der Waals surface area (Å²) in [5, 5.41) is 44.6. The number of anilines is 1. The molecule has 47 heavy (non-hydrogen) atoms. The van der Waals surface area contributed by atoms with Crippen molar-refractivity contribution in [3.05, 3.63) is 101 Å². The van der Waals surface area contributed by atoms with Crippen molar-refractivity contribution in [2.24, 2.45) is 5.41 Å². The van der Waals surface area contributed by atoms with Crippen LogP contribution in [0, 0.1) is 21.6 Å². The number of urea groups is 1. The Bertz CT molecular complexity index is 1720. The summed E-state index contributed by atoms with van der Waals surface area (Å²) in [6.45, 7) is 6.64. The van der Waals surface area contributed by atoms with Gasteiger partial charge in [0.05, 0.1) is 24.9 Å². The van der Waals surface area contributed by atoms with Gasteiger partial charge in [0.25, 0.3) is 0 Å². The minimum Gasteiger partial charge on any atom is -0.484 e. The molecule has 0 radical (unpaired) electrons. The van der Waals surface area contributed by atoms with E-state index in [2.05, 4.69) is 20.9 Å². The first-order valence-electron chi connectivity index (χ1n) is 16.1. The molecule has 1 fully saturated rings. The molecule has 1 aliphatic carbocycles. The van der Waals surface area contributed by atoms with Crippen LogP contribution in [0.15, 0.2) is 78.8 Å². The van der Waals surface area contributed by atoms with Crippen LogP contribution in [0.25, 0.3) is 0 Å². The smallest absolute Gasteiger partial charge is 0.320 e. The number of aliphatic hydroxyl groups excluding tert-OH is 1. The van der Waals surface area contributed by atoms with Crippen LogP contribution in [-0.2, 0) is 6.61 Å². The van der Waals surface area contributed by atoms with E-state index in [1.54, 1.807) is 35.0 Å². The Kier molecular flexibility index (Phi) is 10.3. The Morgan fingerprint density at radius 2 is 1.81 bits per heavy atom. The Morgan fingerprint density at radius 3 is 2.51 bits per heavy atom. The van der Waals surface area contributed by atoms with Crippen LogP contribution in [0.2, 0.25) is 0 Å². The van der Waals surface area contributed by atoms with E-state index in [-0.39, 0.29) is 30.3 Å². The number of aliphatic hydroxyl groups is 1. The lowest BCUT2D eigenvalue weighted by Crippen LogP contribution is -2.41. The van der Waals surface area contributed by atoms with E-state index in [4.69, 9.17) is 21.0 Å². The maximum atomic E-state index is 13.4. The second-order valence-electron chi connectivity index (χ2n) is 13.3. The third-order valence-corrected chi connectivity index (χ3v) is 8.77. The summed E-state index contributed by atoms with van der Waals surface area (Å²) in [5.74, 6) is 1.31. The average molecular weight is 639 g/mol. The topological polar surface area (TPSA) is 162 Å². The molecule has 1 aliphatic heterocycles. The van der Waals surface area contributed by atoms with E-state index >= 15 is 0 Å². The van der Waals surface area contributed by atoms with Gasteiger partial charge in [0.15, 0.2) is 0 Å². The number of rotatable bonds is 9. The molecule has 1 aromatic heterocycles. The van der Waals surface area contributed by atoms with Crippen molar-refractivity contribution in [3.63, 3.8) is 0 Å². The van der Waals surface area contributed by atoms with Crippen molar-refractivity contribution in [3.8, 4) is 5.75 Å². The molecule has 11 nitrogen and oxygen atoms in total. The molecule has 2 heterocycles. The number of carbonyl (C=O) groups excluding carboxylic acids is 1. The van der Waals surface area contributed by atoms with Crippen molar-refractivity contribution >= 4 is 23.3 Å². The maximum Gasteiger partial charge on any atom is 0.320 e. The number of allylic oxidation sites excluding steroid dienone is 1. The van der Waals surface area contributed by atoms with E-state index in [9.17, 15) is 9.90 Å². The Morgan fingerprint density at radius 1 is 1.04 bits per heavy atom. The Labute approximate surface area is 276 Å². The molecule has 11 heteroatoms. The van der Waals surface area contributed by atoms with Gasteiger partial charge in [0.1, 0.15) is 29.0 Å². The summed E-state index contributed by atoms with van der Waals surface area (Å²) in [7, 11) is 2.02. The van der Waals surface area contributed by atoms with Gasteiger partial charge in [-0.2, -0.15) is 0 Å². The normalized spacial score (nSPS) is 19.9. The highest BCUT2D eigenvalue weighted by atomic mass is 16.5. The Hall–Kier alpha value is -4.74. The van der Waals surface area contributed by atoms with Crippen LogP contribution in [-0.4, -0.2) is 51.8 Å². The number of hydrogen-bond acceptors (Lipinski definition) is 8. The van der Waals surface area contributed by atoms with Crippen LogP contribution in [0.5, 0.6) is 5.75 Å². The van der Waals surface area contributed by atoms with Gasteiger partial charge < -0.3 is 25.9 Å². The molecule has 0 spiro atoms. The molecule has 0 bridgehead atoms. The highest BCUT2D eigenvalue weighted by Crippen LogP contribution is 2.38. The lowest BCUT2D eigenvalue weighted by molar-refractivity contribution is 0.170. The summed E-state index contributed by atoms with van der Waals surface area (Å²) in [6.07, 6.45) is 6.31. The molecule has 248 valence electrons. The van der Waals surface area contributed by atoms with Crippen molar-refractivity contribution in [1.82, 2.24) is 20.1 Å². The zero-order valence-electron chi connectivity index (χ0n) is 27.6. The fraction of sp³-hybridized carbons (Fsp3) is 0.389. The van der Waals surface area contributed by atoms with E-state index in [0.717, 1.165) is 36.1 Å². The van der Waals surface area contributed by atoms with Gasteiger partial charge in [-0.15, -0.1) is 0 Å². The molecular weight excluding hydrogens is 592 g/mol. The second-order valence-corrected chi connectivity index (χ2v) is 13.3. The van der Waals surface area contributed by atoms with Crippen molar-refractivity contribution in [1.29, 1.82) is 16.2 Å². The summed E-state index contributed by atoms with van der Waals surface area (Å²) in [4.78, 5) is 15.6. The number of likely N-dealkylation sites (N-methyl/N-ethyl adjacent to an activating group) is 1. The van der Waals surface area contributed by atoms with Crippen LogP contribution in [0.1, 0.15) is 75.3 Å². The predicted octanol–water partition coefficient (Wildman–Crippen LogP) is 5.65. The van der Waals surface area contributed by atoms with Crippen LogP contribution < -0.4 is 26.2 Å². The number of carbonyl (C=O) groups is 1. The van der Waals surface area contributed by atoms with Gasteiger partial charge in [-0.1, -0.05) is 57.2 Å². The number of likely N-dealkylation sites (tertiary alicyclic amines) is 1. The van der Waals surface area contributed by atoms with Crippen LogP contribution in [0.3, 0.4) is 0 Å². The van der Waals surface area contributed by atoms with Gasteiger partial charge in [-0.25, -0.2) is 4.79 Å². The first-order valence-corrected chi connectivity index (χ1v) is 16.1. The molecule has 3 atom stereocenters. The SMILES string of the molecule is CN1CCC[C@H]1C(=N)n1cc(O[C@@H]2CC[C@H](NC(=O)N/C(=C/C(=N)C(C)(C)C)Nc3cccc(CO)c3)c3ccccc32)ccc1=N. The van der Waals surface area contributed by atoms with Crippen molar-refractivity contribution in [2.45, 2.75) is 71.2 Å². The minimum absolute atomic E-state index is 0.0249. The molecule has 0 saturated carbocycles. The van der Waals surface area contributed by atoms with E-state index in [0.29, 0.717) is 41.6 Å². The predicted molar refractivity (Wildman–Crippen MR) is 184 cm³/mol. The largest absolute Gasteiger partial charge is 0.484 e. The van der Waals surface area contributed by atoms with E-state index < -0.39 is 11.4 Å². The number of nitrogens with zero attached hydrogens (tertiary/aromatic N) is 2. The van der Waals surface area contributed by atoms with Gasteiger partial charge in [0.2, 0.25) is 0 Å². The minimum atomic E-state index is -0.428. The third kappa shape index (κ3) is 8.16. The Balaban J connectivity index is 1.31. The zero-order chi connectivity index (χ0) is 33.7. The number of nitrogens with one attached hydrogen (secondary N) is 6. The van der Waals surface area contributed by atoms with E-state index in [1.807, 2.05) is 70.3 Å². The van der Waals surface area contributed by atoms with Gasteiger partial charge in [-0.05, 0) is 80.2 Å². The number of ether oxygens (including phenoxy) is 1. The lowest BCUT2D eigenvalue weighted by Gasteiger charge is -2.32. The second kappa shape index (κ2) is 14.4. The summed E-state index contributed by atoms with van der Waals surface area (Å²) in [5.41, 5.74) is 3.49. The number of pyridine rings is 1. The summed E-state index contributed by atoms with van der Waals surface area (Å²) < 4.78 is 8.09. The summed E-state index contributed by atoms with van der Waals surface area (Å²) in [6, 6.07) is 17.9. The number of fused-ring (bicyclic) bond motifs is 1. The van der Waals surface area contributed by atoms with E-state index in [1.165, 1.54) is 0 Å². The number of hydrogen-bond donors (Lipinski definition) is 7. The molecule has 0 unspecified atom stereocenters. The molecule has 2 aliphatic rings. The highest BCUT2D eigenvalue weighted by Gasteiger charge is 2.30. The molecular formula is C36H46N8O3. The maximum absolute atomic E-state index is 13.4. The first kappa shape index (κ1) is 33.6. The summed E-state index contributed by atoms with van der Waals surface area (Å²) >= 11 is 0. The fourth-order valence-electron chi connectivity index (χ4n) is 6.04. The zero-order valence-corrected chi connectivity index (χ0v) is 27.6. The third-order valence-electron chi connectivity index (χ3n) is 8.77. The quantitative estimate of drug-likeness (QED) is 0.119. The van der Waals surface area contributed by atoms with Gasteiger partial charge in [-0.3, -0.25) is 25.6 Å². The number of amides is 2. The first-order chi connectivity index (χ1) is 22.4. The molecule has 5 rings (SSSR count). The van der Waals surface area contributed by atoms with Gasteiger partial charge in [0, 0.05) is 22.9 Å². The highest BCUT2D eigenvalue weighted by molar-refractivity contribution is 5.97. The molecule has 2 amide bonds. The van der Waals surface area contributed by atoms with Crippen LogP contribution >= 0.6 is 0 Å². The number of aromatic nitrogens is 1. The molecule has 7 N–H and O–H groups in total. The molecule has 2 aromatic carbocycles.